The highest BCUT2D eigenvalue weighted by molar-refractivity contribution is 6.04. The summed E-state index contributed by atoms with van der Waals surface area (Å²) in [4.78, 5) is 16.3. The second-order valence-corrected chi connectivity index (χ2v) is 5.72. The monoisotopic (exact) mass is 328 g/mol. The van der Waals surface area contributed by atoms with E-state index in [4.69, 9.17) is 9.47 Å². The summed E-state index contributed by atoms with van der Waals surface area (Å²) in [6, 6.07) is 9.91. The number of nitrogens with one attached hydrogen (secondary N) is 1. The number of pyridine rings is 1. The summed E-state index contributed by atoms with van der Waals surface area (Å²) < 4.78 is 11.0. The zero-order chi connectivity index (χ0) is 16.8. The highest BCUT2D eigenvalue weighted by Crippen LogP contribution is 2.22. The molecule has 1 aromatic heterocycles. The van der Waals surface area contributed by atoms with Crippen LogP contribution < -0.4 is 10.1 Å². The van der Waals surface area contributed by atoms with E-state index in [2.05, 4.69) is 10.3 Å². The molecule has 1 saturated heterocycles. The Bertz CT molecular complexity index is 682. The van der Waals surface area contributed by atoms with Crippen LogP contribution in [0.3, 0.4) is 0 Å². The van der Waals surface area contributed by atoms with Crippen LogP contribution in [0.4, 0.5) is 5.69 Å². The van der Waals surface area contributed by atoms with Crippen LogP contribution in [0.1, 0.15) is 23.2 Å². The van der Waals surface area contributed by atoms with Crippen molar-refractivity contribution in [3.05, 3.63) is 48.2 Å². The Labute approximate surface area is 140 Å². The first kappa shape index (κ1) is 16.3. The molecule has 0 spiro atoms. The topological polar surface area (TPSA) is 80.7 Å². The molecule has 0 saturated carbocycles. The Morgan fingerprint density at radius 2 is 2.04 bits per heavy atom. The number of para-hydroxylation sites is 2. The molecule has 2 N–H and O–H groups in total. The maximum Gasteiger partial charge on any atom is 0.257 e. The summed E-state index contributed by atoms with van der Waals surface area (Å²) in [5.74, 6) is 0.681. The number of anilines is 1. The van der Waals surface area contributed by atoms with Gasteiger partial charge in [-0.3, -0.25) is 4.79 Å². The summed E-state index contributed by atoms with van der Waals surface area (Å²) in [5.41, 5.74) is 0.763. The number of hydrogen-bond donors (Lipinski definition) is 2. The number of ether oxygens (including phenoxy) is 2. The van der Waals surface area contributed by atoms with Crippen molar-refractivity contribution in [2.24, 2.45) is 5.92 Å². The van der Waals surface area contributed by atoms with Crippen molar-refractivity contribution in [2.45, 2.75) is 12.8 Å². The van der Waals surface area contributed by atoms with Gasteiger partial charge in [0.15, 0.2) is 0 Å². The predicted molar refractivity (Wildman–Crippen MR) is 89.3 cm³/mol. The largest absolute Gasteiger partial charge is 0.506 e. The zero-order valence-corrected chi connectivity index (χ0v) is 13.3. The highest BCUT2D eigenvalue weighted by Gasteiger charge is 2.15. The third kappa shape index (κ3) is 4.23. The Hall–Kier alpha value is -2.60. The molecule has 2 heterocycles. The summed E-state index contributed by atoms with van der Waals surface area (Å²) in [7, 11) is 0. The van der Waals surface area contributed by atoms with Crippen LogP contribution in [-0.4, -0.2) is 35.8 Å². The summed E-state index contributed by atoms with van der Waals surface area (Å²) in [6.07, 6.45) is 3.47. The van der Waals surface area contributed by atoms with Crippen molar-refractivity contribution >= 4 is 11.6 Å². The van der Waals surface area contributed by atoms with E-state index in [1.165, 1.54) is 12.3 Å². The van der Waals surface area contributed by atoms with Gasteiger partial charge in [-0.1, -0.05) is 12.1 Å². The molecule has 2 aromatic rings. The third-order valence-electron chi connectivity index (χ3n) is 3.96. The van der Waals surface area contributed by atoms with Crippen LogP contribution in [0.5, 0.6) is 11.6 Å². The zero-order valence-electron chi connectivity index (χ0n) is 13.3. The predicted octanol–water partition coefficient (Wildman–Crippen LogP) is 2.84. The van der Waals surface area contributed by atoms with Gasteiger partial charge in [-0.15, -0.1) is 0 Å². The van der Waals surface area contributed by atoms with Crippen molar-refractivity contribution in [3.8, 4) is 11.6 Å². The number of nitrogens with zero attached hydrogens (tertiary/aromatic N) is 1. The number of phenols is 1. The molecule has 0 unspecified atom stereocenters. The van der Waals surface area contributed by atoms with Crippen LogP contribution in [-0.2, 0) is 4.74 Å². The molecule has 1 aliphatic heterocycles. The molecule has 1 aliphatic rings. The Morgan fingerprint density at radius 3 is 2.75 bits per heavy atom. The normalized spacial score (nSPS) is 15.0. The van der Waals surface area contributed by atoms with E-state index in [0.717, 1.165) is 26.1 Å². The molecule has 0 aliphatic carbocycles. The smallest absolute Gasteiger partial charge is 0.257 e. The highest BCUT2D eigenvalue weighted by atomic mass is 16.5. The SMILES string of the molecule is O=C(Nc1ccccc1O)c1ccc(OCC2CCOCC2)nc1. The number of aromatic nitrogens is 1. The standard InChI is InChI=1S/C18H20N2O4/c21-16-4-2-1-3-15(16)20-18(22)14-5-6-17(19-11-14)24-12-13-7-9-23-10-8-13/h1-6,11,13,21H,7-10,12H2,(H,20,22). The lowest BCUT2D eigenvalue weighted by Crippen LogP contribution is -2.21. The molecule has 0 bridgehead atoms. The second kappa shape index (κ2) is 7.79. The first-order chi connectivity index (χ1) is 11.7. The third-order valence-corrected chi connectivity index (χ3v) is 3.96. The molecule has 1 amide bonds. The minimum absolute atomic E-state index is 0.0234. The average molecular weight is 328 g/mol. The quantitative estimate of drug-likeness (QED) is 0.825. The first-order valence-electron chi connectivity index (χ1n) is 7.98. The van der Waals surface area contributed by atoms with E-state index < -0.39 is 0 Å². The van der Waals surface area contributed by atoms with Gasteiger partial charge in [-0.05, 0) is 37.0 Å². The molecule has 6 heteroatoms. The number of benzene rings is 1. The first-order valence-corrected chi connectivity index (χ1v) is 7.98. The van der Waals surface area contributed by atoms with Crippen molar-refractivity contribution in [3.63, 3.8) is 0 Å². The van der Waals surface area contributed by atoms with Gasteiger partial charge in [-0.2, -0.15) is 0 Å². The fourth-order valence-corrected chi connectivity index (χ4v) is 2.49. The van der Waals surface area contributed by atoms with Gasteiger partial charge in [0.05, 0.1) is 17.9 Å². The Balaban J connectivity index is 1.55. The van der Waals surface area contributed by atoms with Gasteiger partial charge >= 0.3 is 0 Å². The average Bonchev–Trinajstić information content (AvgIpc) is 2.63. The summed E-state index contributed by atoms with van der Waals surface area (Å²) >= 11 is 0. The summed E-state index contributed by atoms with van der Waals surface area (Å²) in [5, 5.41) is 12.3. The van der Waals surface area contributed by atoms with Gasteiger partial charge in [0, 0.05) is 25.5 Å². The molecule has 24 heavy (non-hydrogen) atoms. The number of aromatic hydroxyl groups is 1. The lowest BCUT2D eigenvalue weighted by atomic mass is 10.0. The van der Waals surface area contributed by atoms with Crippen molar-refractivity contribution in [2.75, 3.05) is 25.1 Å². The van der Waals surface area contributed by atoms with Crippen LogP contribution in [0.15, 0.2) is 42.6 Å². The lowest BCUT2D eigenvalue weighted by molar-refractivity contribution is 0.0490. The fourth-order valence-electron chi connectivity index (χ4n) is 2.49. The van der Waals surface area contributed by atoms with E-state index in [-0.39, 0.29) is 11.7 Å². The minimum atomic E-state index is -0.333. The molecule has 0 radical (unpaired) electrons. The van der Waals surface area contributed by atoms with Gasteiger partial charge in [0.1, 0.15) is 5.75 Å². The van der Waals surface area contributed by atoms with Crippen LogP contribution >= 0.6 is 0 Å². The maximum atomic E-state index is 12.2. The number of amides is 1. The number of carbonyl (C=O) groups excluding carboxylic acids is 1. The van der Waals surface area contributed by atoms with Gasteiger partial charge < -0.3 is 19.9 Å². The van der Waals surface area contributed by atoms with Crippen LogP contribution in [0.2, 0.25) is 0 Å². The molecule has 6 nitrogen and oxygen atoms in total. The van der Waals surface area contributed by atoms with Crippen molar-refractivity contribution < 1.29 is 19.4 Å². The minimum Gasteiger partial charge on any atom is -0.506 e. The Morgan fingerprint density at radius 1 is 1.25 bits per heavy atom. The van der Waals surface area contributed by atoms with E-state index >= 15 is 0 Å². The Kier molecular flexibility index (Phi) is 5.28. The van der Waals surface area contributed by atoms with E-state index in [1.54, 1.807) is 30.3 Å². The number of phenolic OH excluding ortho intramolecular Hbond substituents is 1. The van der Waals surface area contributed by atoms with E-state index in [0.29, 0.717) is 29.7 Å². The van der Waals surface area contributed by atoms with Gasteiger partial charge in [-0.25, -0.2) is 4.98 Å². The molecular formula is C18H20N2O4. The molecule has 3 rings (SSSR count). The number of carbonyl (C=O) groups is 1. The fraction of sp³-hybridized carbons (Fsp3) is 0.333. The lowest BCUT2D eigenvalue weighted by Gasteiger charge is -2.21. The molecule has 1 aromatic carbocycles. The van der Waals surface area contributed by atoms with Crippen LogP contribution in [0, 0.1) is 5.92 Å². The number of rotatable bonds is 5. The maximum absolute atomic E-state index is 12.2. The van der Waals surface area contributed by atoms with Crippen LogP contribution in [0.25, 0.3) is 0 Å². The van der Waals surface area contributed by atoms with E-state index in [9.17, 15) is 9.90 Å². The van der Waals surface area contributed by atoms with E-state index in [1.807, 2.05) is 0 Å². The molecule has 1 fully saturated rings. The van der Waals surface area contributed by atoms with Crippen molar-refractivity contribution in [1.29, 1.82) is 0 Å². The summed E-state index contributed by atoms with van der Waals surface area (Å²) in [6.45, 7) is 2.18. The molecule has 0 atom stereocenters. The molecular weight excluding hydrogens is 308 g/mol. The van der Waals surface area contributed by atoms with Gasteiger partial charge in [0.2, 0.25) is 5.88 Å². The molecule has 126 valence electrons. The van der Waals surface area contributed by atoms with Gasteiger partial charge in [0.25, 0.3) is 5.91 Å². The second-order valence-electron chi connectivity index (χ2n) is 5.72. The van der Waals surface area contributed by atoms with Crippen molar-refractivity contribution in [1.82, 2.24) is 4.98 Å². The number of hydrogen-bond acceptors (Lipinski definition) is 5.